The largest absolute Gasteiger partial charge is 0.455 e. The van der Waals surface area contributed by atoms with Gasteiger partial charge in [-0.1, -0.05) is 182 Å². The lowest BCUT2D eigenvalue weighted by atomic mass is 9.91. The molecule has 12 aromatic rings. The van der Waals surface area contributed by atoms with E-state index in [4.69, 9.17) is 4.42 Å². The van der Waals surface area contributed by atoms with Crippen LogP contribution in [0.3, 0.4) is 0 Å². The topological polar surface area (TPSA) is 16.4 Å². The number of hydrogen-bond acceptors (Lipinski definition) is 3. The molecule has 61 heavy (non-hydrogen) atoms. The van der Waals surface area contributed by atoms with Gasteiger partial charge in [0.25, 0.3) is 0 Å². The summed E-state index contributed by atoms with van der Waals surface area (Å²) in [5, 5.41) is 8.40. The Balaban J connectivity index is 1.02. The molecule has 286 valence electrons. The number of nitrogens with zero attached hydrogens (tertiary/aromatic N) is 1. The van der Waals surface area contributed by atoms with Gasteiger partial charge in [0.05, 0.1) is 10.4 Å². The fraction of sp³-hybridized carbons (Fsp3) is 0. The van der Waals surface area contributed by atoms with E-state index in [0.29, 0.717) is 0 Å². The maximum absolute atomic E-state index is 7.09. The Hall–Kier alpha value is -7.72. The maximum atomic E-state index is 7.09. The standard InChI is InChI=1S/C58H37NOS/c1-4-15-38(16-5-1)39-27-32-44(33-28-39)59(52-25-14-24-50-48-22-12-13-26-53(48)61-58(50)52)45-34-29-40(30-35-45)43-31-36-47-46-21-10-11-23-49(46)55-54(41-17-6-2-7-18-41)56(42-19-8-3-9-20-42)60-57(55)51(47)37-43/h1-37H. The van der Waals surface area contributed by atoms with Crippen LogP contribution in [0.1, 0.15) is 0 Å². The Morgan fingerprint density at radius 1 is 0.344 bits per heavy atom. The first kappa shape index (κ1) is 35.2. The molecule has 0 N–H and O–H groups in total. The van der Waals surface area contributed by atoms with Crippen LogP contribution in [0, 0.1) is 0 Å². The molecule has 0 spiro atoms. The summed E-state index contributed by atoms with van der Waals surface area (Å²) in [6, 6.07) is 80.8. The minimum Gasteiger partial charge on any atom is -0.455 e. The van der Waals surface area contributed by atoms with Crippen molar-refractivity contribution in [3.63, 3.8) is 0 Å². The molecule has 0 bridgehead atoms. The maximum Gasteiger partial charge on any atom is 0.143 e. The van der Waals surface area contributed by atoms with Crippen LogP contribution in [0.15, 0.2) is 229 Å². The normalized spacial score (nSPS) is 11.6. The highest BCUT2D eigenvalue weighted by Gasteiger charge is 2.23. The zero-order valence-corrected chi connectivity index (χ0v) is 33.9. The summed E-state index contributed by atoms with van der Waals surface area (Å²) in [5.41, 5.74) is 12.3. The molecule has 2 aromatic heterocycles. The van der Waals surface area contributed by atoms with Gasteiger partial charge in [-0.2, -0.15) is 0 Å². The highest BCUT2D eigenvalue weighted by atomic mass is 32.1. The summed E-state index contributed by atoms with van der Waals surface area (Å²) in [7, 11) is 0. The predicted molar refractivity (Wildman–Crippen MR) is 261 cm³/mol. The molecule has 2 heterocycles. The zero-order chi connectivity index (χ0) is 40.3. The molecule has 2 nitrogen and oxygen atoms in total. The van der Waals surface area contributed by atoms with Gasteiger partial charge in [-0.15, -0.1) is 11.3 Å². The van der Waals surface area contributed by atoms with Gasteiger partial charge in [-0.25, -0.2) is 0 Å². The Labute approximate surface area is 357 Å². The lowest BCUT2D eigenvalue weighted by molar-refractivity contribution is 0.636. The van der Waals surface area contributed by atoms with Crippen LogP contribution in [0.2, 0.25) is 0 Å². The summed E-state index contributed by atoms with van der Waals surface area (Å²) in [6.07, 6.45) is 0. The van der Waals surface area contributed by atoms with Gasteiger partial charge >= 0.3 is 0 Å². The van der Waals surface area contributed by atoms with Gasteiger partial charge < -0.3 is 9.32 Å². The first-order valence-electron chi connectivity index (χ1n) is 20.7. The van der Waals surface area contributed by atoms with E-state index >= 15 is 0 Å². The molecule has 0 aliphatic carbocycles. The van der Waals surface area contributed by atoms with E-state index in [9.17, 15) is 0 Å². The van der Waals surface area contributed by atoms with Crippen molar-refractivity contribution in [3.8, 4) is 44.7 Å². The quantitative estimate of drug-likeness (QED) is 0.149. The first-order chi connectivity index (χ1) is 30.3. The van der Waals surface area contributed by atoms with Crippen molar-refractivity contribution in [2.24, 2.45) is 0 Å². The van der Waals surface area contributed by atoms with Crippen LogP contribution in [0.5, 0.6) is 0 Å². The monoisotopic (exact) mass is 795 g/mol. The van der Waals surface area contributed by atoms with Gasteiger partial charge in [0.1, 0.15) is 11.3 Å². The molecule has 0 fully saturated rings. The van der Waals surface area contributed by atoms with E-state index in [1.165, 1.54) is 53.1 Å². The third-order valence-electron chi connectivity index (χ3n) is 12.1. The van der Waals surface area contributed by atoms with E-state index in [1.54, 1.807) is 0 Å². The van der Waals surface area contributed by atoms with Gasteiger partial charge in [-0.05, 0) is 86.4 Å². The molecule has 3 heteroatoms. The lowest BCUT2D eigenvalue weighted by Crippen LogP contribution is -2.10. The first-order valence-corrected chi connectivity index (χ1v) is 21.6. The molecule has 0 saturated carbocycles. The molecule has 0 aliphatic heterocycles. The average molecular weight is 796 g/mol. The van der Waals surface area contributed by atoms with Crippen molar-refractivity contribution in [1.29, 1.82) is 0 Å². The Kier molecular flexibility index (Phi) is 8.39. The predicted octanol–water partition coefficient (Wildman–Crippen LogP) is 17.2. The molecular formula is C58H37NOS. The third-order valence-corrected chi connectivity index (χ3v) is 13.3. The van der Waals surface area contributed by atoms with E-state index in [0.717, 1.165) is 61.3 Å². The molecule has 10 aromatic carbocycles. The fourth-order valence-corrected chi connectivity index (χ4v) is 10.4. The smallest absolute Gasteiger partial charge is 0.143 e. The van der Waals surface area contributed by atoms with Gasteiger partial charge in [-0.3, -0.25) is 0 Å². The SMILES string of the molecule is c1ccc(-c2ccc(N(c3ccc(-c4ccc5c6ccccc6c6c(-c7ccccc7)c(-c7ccccc7)oc6c5c4)cc3)c3cccc4c3sc3ccccc34)cc2)cc1. The number of hydrogen-bond donors (Lipinski definition) is 0. The van der Waals surface area contributed by atoms with Crippen LogP contribution >= 0.6 is 11.3 Å². The van der Waals surface area contributed by atoms with Crippen LogP contribution in [-0.2, 0) is 0 Å². The second-order valence-corrected chi connectivity index (χ2v) is 16.6. The highest BCUT2D eigenvalue weighted by molar-refractivity contribution is 7.26. The van der Waals surface area contributed by atoms with E-state index in [1.807, 2.05) is 11.3 Å². The molecular weight excluding hydrogens is 759 g/mol. The minimum atomic E-state index is 0.889. The van der Waals surface area contributed by atoms with Gasteiger partial charge in [0, 0.05) is 48.7 Å². The van der Waals surface area contributed by atoms with E-state index in [2.05, 4.69) is 229 Å². The Morgan fingerprint density at radius 3 is 1.54 bits per heavy atom. The summed E-state index contributed by atoms with van der Waals surface area (Å²) in [6.45, 7) is 0. The second-order valence-electron chi connectivity index (χ2n) is 15.6. The van der Waals surface area contributed by atoms with Crippen molar-refractivity contribution < 1.29 is 4.42 Å². The van der Waals surface area contributed by atoms with Crippen LogP contribution in [0.4, 0.5) is 17.1 Å². The molecule has 0 atom stereocenters. The van der Waals surface area contributed by atoms with Crippen LogP contribution < -0.4 is 4.90 Å². The Bertz CT molecular complexity index is 3550. The molecule has 0 aliphatic rings. The number of rotatable bonds is 7. The van der Waals surface area contributed by atoms with Crippen molar-refractivity contribution in [1.82, 2.24) is 0 Å². The fourth-order valence-electron chi connectivity index (χ4n) is 9.21. The van der Waals surface area contributed by atoms with Crippen LogP contribution in [0.25, 0.3) is 97.4 Å². The van der Waals surface area contributed by atoms with Crippen molar-refractivity contribution >= 4 is 81.1 Å². The van der Waals surface area contributed by atoms with Crippen LogP contribution in [-0.4, -0.2) is 0 Å². The van der Waals surface area contributed by atoms with Crippen molar-refractivity contribution in [2.45, 2.75) is 0 Å². The number of furan rings is 1. The number of benzene rings is 10. The van der Waals surface area contributed by atoms with Crippen molar-refractivity contribution in [3.05, 3.63) is 224 Å². The molecule has 0 unspecified atom stereocenters. The second kappa shape index (κ2) is 14.5. The summed E-state index contributed by atoms with van der Waals surface area (Å²) < 4.78 is 9.65. The number of fused-ring (bicyclic) bond motifs is 9. The molecule has 12 rings (SSSR count). The number of thiophene rings is 1. The summed E-state index contributed by atoms with van der Waals surface area (Å²) in [4.78, 5) is 2.41. The van der Waals surface area contributed by atoms with Gasteiger partial charge in [0.2, 0.25) is 0 Å². The number of anilines is 3. The van der Waals surface area contributed by atoms with Gasteiger partial charge in [0.15, 0.2) is 0 Å². The zero-order valence-electron chi connectivity index (χ0n) is 33.1. The molecule has 0 saturated heterocycles. The Morgan fingerprint density at radius 2 is 0.852 bits per heavy atom. The highest BCUT2D eigenvalue weighted by Crippen LogP contribution is 2.49. The molecule has 0 radical (unpaired) electrons. The minimum absolute atomic E-state index is 0.889. The van der Waals surface area contributed by atoms with E-state index in [-0.39, 0.29) is 0 Å². The lowest BCUT2D eigenvalue weighted by Gasteiger charge is -2.26. The molecule has 0 amide bonds. The average Bonchev–Trinajstić information content (AvgIpc) is 3.94. The third kappa shape index (κ3) is 5.93. The summed E-state index contributed by atoms with van der Waals surface area (Å²) >= 11 is 1.86. The van der Waals surface area contributed by atoms with E-state index < -0.39 is 0 Å². The summed E-state index contributed by atoms with van der Waals surface area (Å²) in [5.74, 6) is 0.889. The van der Waals surface area contributed by atoms with Crippen molar-refractivity contribution in [2.75, 3.05) is 4.90 Å².